The number of aryl methyl sites for hydroxylation is 1. The van der Waals surface area contributed by atoms with E-state index < -0.39 is 5.97 Å². The lowest BCUT2D eigenvalue weighted by Crippen LogP contribution is -2.04. The third-order valence-corrected chi connectivity index (χ3v) is 3.81. The van der Waals surface area contributed by atoms with Crippen LogP contribution in [0.5, 0.6) is 0 Å². The van der Waals surface area contributed by atoms with Crippen LogP contribution in [0.25, 0.3) is 0 Å². The molecule has 5 nitrogen and oxygen atoms in total. The maximum absolute atomic E-state index is 11.8. The highest BCUT2D eigenvalue weighted by molar-refractivity contribution is 7.17. The van der Waals surface area contributed by atoms with Crippen LogP contribution in [0.1, 0.15) is 20.9 Å². The zero-order chi connectivity index (χ0) is 15.9. The Balaban J connectivity index is 2.02. The average Bonchev–Trinajstić information content (AvgIpc) is 2.86. The number of rotatable bonds is 6. The maximum atomic E-state index is 11.8. The van der Waals surface area contributed by atoms with Crippen molar-refractivity contribution in [2.24, 2.45) is 5.10 Å². The zero-order valence-electron chi connectivity index (χ0n) is 11.9. The van der Waals surface area contributed by atoms with Crippen LogP contribution >= 0.6 is 22.9 Å². The number of carbonyl (C=O) groups is 1. The highest BCUT2D eigenvalue weighted by Crippen LogP contribution is 2.23. The maximum Gasteiger partial charge on any atom is 0.350 e. The molecule has 0 fully saturated rings. The van der Waals surface area contributed by atoms with Crippen LogP contribution in [0.2, 0.25) is 5.02 Å². The molecule has 0 atom stereocenters. The van der Waals surface area contributed by atoms with Crippen molar-refractivity contribution in [2.45, 2.75) is 6.92 Å². The van der Waals surface area contributed by atoms with Gasteiger partial charge in [0.2, 0.25) is 5.13 Å². The van der Waals surface area contributed by atoms with Crippen LogP contribution in [0, 0.1) is 6.92 Å². The molecule has 0 aliphatic carbocycles. The highest BCUT2D eigenvalue weighted by atomic mass is 35.5. The molecule has 114 valence electrons. The third-order valence-electron chi connectivity index (χ3n) is 2.54. The Hall–Kier alpha value is -2.18. The molecular weight excluding hydrogens is 322 g/mol. The van der Waals surface area contributed by atoms with Crippen LogP contribution in [-0.4, -0.2) is 23.8 Å². The summed E-state index contributed by atoms with van der Waals surface area (Å²) < 4.78 is 4.99. The first-order chi connectivity index (χ1) is 10.6. The number of carbonyl (C=O) groups excluding carboxylic acids is 1. The number of hydrogen-bond donors (Lipinski definition) is 1. The minimum absolute atomic E-state index is 0.172. The Morgan fingerprint density at radius 1 is 1.59 bits per heavy atom. The van der Waals surface area contributed by atoms with Gasteiger partial charge in [-0.3, -0.25) is 5.43 Å². The van der Waals surface area contributed by atoms with Crippen molar-refractivity contribution in [2.75, 3.05) is 12.0 Å². The summed E-state index contributed by atoms with van der Waals surface area (Å²) in [6.45, 7) is 5.41. The fourth-order valence-corrected chi connectivity index (χ4v) is 2.59. The van der Waals surface area contributed by atoms with Gasteiger partial charge in [0.05, 0.1) is 11.9 Å². The van der Waals surface area contributed by atoms with Gasteiger partial charge in [0.1, 0.15) is 11.5 Å². The number of anilines is 1. The summed E-state index contributed by atoms with van der Waals surface area (Å²) in [5.41, 5.74) is 4.25. The lowest BCUT2D eigenvalue weighted by molar-refractivity contribution is 0.0554. The van der Waals surface area contributed by atoms with Gasteiger partial charge in [-0.15, -0.1) is 0 Å². The van der Waals surface area contributed by atoms with E-state index >= 15 is 0 Å². The second kappa shape index (κ2) is 7.72. The minimum Gasteiger partial charge on any atom is -0.457 e. The predicted octanol–water partition coefficient (Wildman–Crippen LogP) is 3.89. The molecule has 1 aromatic carbocycles. The van der Waals surface area contributed by atoms with E-state index in [1.54, 1.807) is 25.3 Å². The summed E-state index contributed by atoms with van der Waals surface area (Å²) in [5, 5.41) is 5.23. The van der Waals surface area contributed by atoms with Crippen LogP contribution in [0.15, 0.2) is 42.0 Å². The van der Waals surface area contributed by atoms with Gasteiger partial charge >= 0.3 is 5.97 Å². The number of esters is 1. The van der Waals surface area contributed by atoms with Crippen LogP contribution in [0.3, 0.4) is 0 Å². The summed E-state index contributed by atoms with van der Waals surface area (Å²) >= 11 is 7.08. The minimum atomic E-state index is -0.415. The molecule has 7 heteroatoms. The fraction of sp³-hybridized carbons (Fsp3) is 0.133. The Kier molecular flexibility index (Phi) is 5.68. The van der Waals surface area contributed by atoms with E-state index in [0.717, 1.165) is 5.56 Å². The summed E-state index contributed by atoms with van der Waals surface area (Å²) in [6, 6.07) is 7.29. The van der Waals surface area contributed by atoms with Crippen molar-refractivity contribution in [3.63, 3.8) is 0 Å². The zero-order valence-corrected chi connectivity index (χ0v) is 13.4. The van der Waals surface area contributed by atoms with Gasteiger partial charge in [-0.2, -0.15) is 5.10 Å². The summed E-state index contributed by atoms with van der Waals surface area (Å²) in [7, 11) is 0. The van der Waals surface area contributed by atoms with Gasteiger partial charge in [0.15, 0.2) is 0 Å². The van der Waals surface area contributed by atoms with Crippen LogP contribution < -0.4 is 5.43 Å². The lowest BCUT2D eigenvalue weighted by Gasteiger charge is -1.98. The van der Waals surface area contributed by atoms with Gasteiger partial charge in [0, 0.05) is 5.02 Å². The van der Waals surface area contributed by atoms with Crippen LogP contribution in [-0.2, 0) is 4.74 Å². The van der Waals surface area contributed by atoms with Crippen molar-refractivity contribution in [3.05, 3.63) is 58.1 Å². The van der Waals surface area contributed by atoms with E-state index in [4.69, 9.17) is 16.3 Å². The molecule has 0 amide bonds. The first-order valence-corrected chi connectivity index (χ1v) is 7.59. The molecule has 0 spiro atoms. The van der Waals surface area contributed by atoms with E-state index in [0.29, 0.717) is 20.7 Å². The average molecular weight is 336 g/mol. The monoisotopic (exact) mass is 335 g/mol. The molecule has 2 aromatic rings. The highest BCUT2D eigenvalue weighted by Gasteiger charge is 2.16. The largest absolute Gasteiger partial charge is 0.457 e. The van der Waals surface area contributed by atoms with E-state index in [2.05, 4.69) is 22.1 Å². The number of aromatic nitrogens is 1. The predicted molar refractivity (Wildman–Crippen MR) is 90.0 cm³/mol. The SMILES string of the molecule is C=CCOC(=O)c1sc(NN=Cc2cccc(Cl)c2)nc1C. The number of nitrogens with zero attached hydrogens (tertiary/aromatic N) is 2. The number of benzene rings is 1. The van der Waals surface area contributed by atoms with Gasteiger partial charge in [-0.1, -0.05) is 47.7 Å². The lowest BCUT2D eigenvalue weighted by atomic mass is 10.2. The van der Waals surface area contributed by atoms with Gasteiger partial charge < -0.3 is 4.74 Å². The molecule has 1 aromatic heterocycles. The van der Waals surface area contributed by atoms with Gasteiger partial charge in [0.25, 0.3) is 0 Å². The molecule has 1 heterocycles. The first kappa shape index (κ1) is 16.2. The number of hydrazone groups is 1. The number of halogens is 1. The smallest absolute Gasteiger partial charge is 0.350 e. The Labute approximate surface area is 137 Å². The van der Waals surface area contributed by atoms with E-state index in [-0.39, 0.29) is 6.61 Å². The molecule has 2 rings (SSSR count). The molecule has 0 aliphatic heterocycles. The van der Waals surface area contributed by atoms with E-state index in [9.17, 15) is 4.79 Å². The standard InChI is InChI=1S/C15H14ClN3O2S/c1-3-7-21-14(20)13-10(2)18-15(22-13)19-17-9-11-5-4-6-12(16)8-11/h3-6,8-9H,1,7H2,2H3,(H,18,19). The van der Waals surface area contributed by atoms with Gasteiger partial charge in [-0.25, -0.2) is 9.78 Å². The van der Waals surface area contributed by atoms with Crippen molar-refractivity contribution < 1.29 is 9.53 Å². The second-order valence-corrected chi connectivity index (χ2v) is 5.68. The molecule has 0 aliphatic rings. The Morgan fingerprint density at radius 3 is 3.14 bits per heavy atom. The third kappa shape index (κ3) is 4.41. The Morgan fingerprint density at radius 2 is 2.41 bits per heavy atom. The fourth-order valence-electron chi connectivity index (χ4n) is 1.58. The molecule has 1 N–H and O–H groups in total. The van der Waals surface area contributed by atoms with Crippen molar-refractivity contribution in [1.29, 1.82) is 0 Å². The first-order valence-electron chi connectivity index (χ1n) is 6.40. The number of nitrogens with one attached hydrogen (secondary N) is 1. The summed E-state index contributed by atoms with van der Waals surface area (Å²) in [4.78, 5) is 16.5. The van der Waals surface area contributed by atoms with Crippen molar-refractivity contribution >= 4 is 40.3 Å². The Bertz CT molecular complexity index is 713. The second-order valence-electron chi connectivity index (χ2n) is 4.25. The molecule has 0 saturated heterocycles. The molecule has 0 saturated carbocycles. The van der Waals surface area contributed by atoms with Crippen LogP contribution in [0.4, 0.5) is 5.13 Å². The topological polar surface area (TPSA) is 63.6 Å². The van der Waals surface area contributed by atoms with E-state index in [1.165, 1.54) is 17.4 Å². The van der Waals surface area contributed by atoms with Crippen molar-refractivity contribution in [3.8, 4) is 0 Å². The molecule has 0 bridgehead atoms. The van der Waals surface area contributed by atoms with Gasteiger partial charge in [-0.05, 0) is 24.6 Å². The summed E-state index contributed by atoms with van der Waals surface area (Å²) in [6.07, 6.45) is 3.14. The van der Waals surface area contributed by atoms with Crippen molar-refractivity contribution in [1.82, 2.24) is 4.98 Å². The molecule has 22 heavy (non-hydrogen) atoms. The number of thiazole rings is 1. The molecule has 0 radical (unpaired) electrons. The number of ether oxygens (including phenoxy) is 1. The van der Waals surface area contributed by atoms with E-state index in [1.807, 2.05) is 12.1 Å². The quantitative estimate of drug-likeness (QED) is 0.376. The normalized spacial score (nSPS) is 10.6. The number of hydrogen-bond acceptors (Lipinski definition) is 6. The molecule has 0 unspecified atom stereocenters. The summed E-state index contributed by atoms with van der Waals surface area (Å²) in [5.74, 6) is -0.415. The molecular formula is C15H14ClN3O2S.